The van der Waals surface area contributed by atoms with Crippen LogP contribution in [-0.2, 0) is 23.7 Å². The first-order chi connectivity index (χ1) is 16.1. The number of hydrogen-bond acceptors (Lipinski definition) is 5. The quantitative estimate of drug-likeness (QED) is 0.534. The first-order valence-electron chi connectivity index (χ1n) is 13.2. The van der Waals surface area contributed by atoms with Gasteiger partial charge < -0.3 is 18.9 Å². The lowest BCUT2D eigenvalue weighted by Gasteiger charge is -2.29. The molecule has 0 amide bonds. The van der Waals surface area contributed by atoms with Crippen molar-refractivity contribution in [2.75, 3.05) is 13.2 Å². The summed E-state index contributed by atoms with van der Waals surface area (Å²) in [4.78, 5) is 12.2. The van der Waals surface area contributed by atoms with Gasteiger partial charge in [0.05, 0.1) is 12.0 Å². The van der Waals surface area contributed by atoms with Gasteiger partial charge in [-0.05, 0) is 56.8 Å². The Morgan fingerprint density at radius 1 is 1.03 bits per heavy atom. The Labute approximate surface area is 199 Å². The summed E-state index contributed by atoms with van der Waals surface area (Å²) in [5.41, 5.74) is 0. The van der Waals surface area contributed by atoms with Gasteiger partial charge in [-0.3, -0.25) is 4.79 Å². The van der Waals surface area contributed by atoms with E-state index in [1.807, 2.05) is 0 Å². The molecule has 4 aliphatic rings. The molecule has 5 heteroatoms. The molecule has 5 nitrogen and oxygen atoms in total. The molecule has 2 aliphatic heterocycles. The molecule has 0 radical (unpaired) electrons. The van der Waals surface area contributed by atoms with Crippen LogP contribution < -0.4 is 0 Å². The van der Waals surface area contributed by atoms with Crippen molar-refractivity contribution in [2.45, 2.75) is 109 Å². The standard InChI is InChI=1S/C28H40O5/c1-3-4-5-10-20(2)25(32-27-11-6-8-15-30-27)14-13-23-24-19-22(29)17-21(24)18-26(23)33-28-12-7-9-16-31-28/h20-21,23-28H,3,6-12,15-19H2,1-2H3/t20-,21+,23-,24+,25-,26-,27?,28?/m1/s1. The molecule has 0 aromatic rings. The molecule has 0 aromatic heterocycles. The predicted octanol–water partition coefficient (Wildman–Crippen LogP) is 4.87. The smallest absolute Gasteiger partial charge is 0.159 e. The minimum atomic E-state index is -0.234. The van der Waals surface area contributed by atoms with E-state index in [1.54, 1.807) is 0 Å². The molecule has 0 bridgehead atoms. The molecule has 2 unspecified atom stereocenters. The van der Waals surface area contributed by atoms with E-state index in [2.05, 4.69) is 37.5 Å². The maximum atomic E-state index is 12.2. The Hall–Kier alpha value is -1.37. The number of fused-ring (bicyclic) bond motifs is 1. The van der Waals surface area contributed by atoms with Crippen molar-refractivity contribution in [3.8, 4) is 23.7 Å². The first kappa shape index (κ1) is 24.7. The summed E-state index contributed by atoms with van der Waals surface area (Å²) >= 11 is 0. The van der Waals surface area contributed by atoms with Gasteiger partial charge in [-0.25, -0.2) is 0 Å². The lowest BCUT2D eigenvalue weighted by atomic mass is 9.91. The van der Waals surface area contributed by atoms with Crippen LogP contribution in [-0.4, -0.2) is 43.8 Å². The van der Waals surface area contributed by atoms with Crippen LogP contribution in [0.2, 0.25) is 0 Å². The van der Waals surface area contributed by atoms with Gasteiger partial charge >= 0.3 is 0 Å². The third-order valence-electron chi connectivity index (χ3n) is 7.49. The molecule has 0 spiro atoms. The van der Waals surface area contributed by atoms with Crippen LogP contribution in [0.5, 0.6) is 0 Å². The Morgan fingerprint density at radius 2 is 1.79 bits per heavy atom. The van der Waals surface area contributed by atoms with Crippen LogP contribution in [0.4, 0.5) is 0 Å². The Morgan fingerprint density at radius 3 is 2.48 bits per heavy atom. The highest BCUT2D eigenvalue weighted by atomic mass is 16.7. The second-order valence-corrected chi connectivity index (χ2v) is 10.1. The van der Waals surface area contributed by atoms with Crippen LogP contribution >= 0.6 is 0 Å². The second kappa shape index (κ2) is 12.4. The monoisotopic (exact) mass is 456 g/mol. The summed E-state index contributed by atoms with van der Waals surface area (Å²) < 4.78 is 24.5. The lowest BCUT2D eigenvalue weighted by Crippen LogP contribution is -2.32. The summed E-state index contributed by atoms with van der Waals surface area (Å²) in [6, 6.07) is 0. The van der Waals surface area contributed by atoms with Crippen molar-refractivity contribution in [1.29, 1.82) is 0 Å². The molecule has 4 rings (SSSR count). The minimum Gasteiger partial charge on any atom is -0.353 e. The normalized spacial score (nSPS) is 35.6. The molecule has 8 atom stereocenters. The second-order valence-electron chi connectivity index (χ2n) is 10.1. The highest BCUT2D eigenvalue weighted by molar-refractivity contribution is 5.81. The fraction of sp³-hybridized carbons (Fsp3) is 0.821. The van der Waals surface area contributed by atoms with Gasteiger partial charge in [-0.15, -0.1) is 11.8 Å². The first-order valence-corrected chi connectivity index (χ1v) is 13.2. The van der Waals surface area contributed by atoms with E-state index in [1.165, 1.54) is 0 Å². The molecule has 2 saturated heterocycles. The summed E-state index contributed by atoms with van der Waals surface area (Å²) in [5, 5.41) is 0. The van der Waals surface area contributed by atoms with Crippen molar-refractivity contribution in [3.05, 3.63) is 0 Å². The molecule has 2 saturated carbocycles. The van der Waals surface area contributed by atoms with E-state index < -0.39 is 0 Å². The minimum absolute atomic E-state index is 0.0328. The molecule has 0 N–H and O–H groups in total. The number of carbonyl (C=O) groups is 1. The summed E-state index contributed by atoms with van der Waals surface area (Å²) in [6.07, 6.45) is 9.63. The maximum Gasteiger partial charge on any atom is 0.159 e. The van der Waals surface area contributed by atoms with Gasteiger partial charge in [0.1, 0.15) is 11.9 Å². The zero-order valence-electron chi connectivity index (χ0n) is 20.4. The number of hydrogen-bond donors (Lipinski definition) is 0. The van der Waals surface area contributed by atoms with Crippen LogP contribution in [0, 0.1) is 47.4 Å². The van der Waals surface area contributed by atoms with Crippen molar-refractivity contribution < 1.29 is 23.7 Å². The molecule has 4 fully saturated rings. The number of ketones is 1. The van der Waals surface area contributed by atoms with Crippen molar-refractivity contribution in [1.82, 2.24) is 0 Å². The highest BCUT2D eigenvalue weighted by Gasteiger charge is 2.49. The number of rotatable bonds is 6. The molecule has 2 heterocycles. The maximum absolute atomic E-state index is 12.2. The van der Waals surface area contributed by atoms with E-state index in [0.29, 0.717) is 30.5 Å². The van der Waals surface area contributed by atoms with Crippen molar-refractivity contribution in [2.24, 2.45) is 23.7 Å². The van der Waals surface area contributed by atoms with Gasteiger partial charge in [0, 0.05) is 44.8 Å². The summed E-state index contributed by atoms with van der Waals surface area (Å²) in [6.45, 7) is 5.75. The van der Waals surface area contributed by atoms with Crippen molar-refractivity contribution >= 4 is 5.78 Å². The number of Topliss-reactive ketones (excluding diaryl/α,β-unsaturated/α-hetero) is 1. The van der Waals surface area contributed by atoms with Crippen LogP contribution in [0.1, 0.15) is 84.5 Å². The third-order valence-corrected chi connectivity index (χ3v) is 7.49. The van der Waals surface area contributed by atoms with Crippen molar-refractivity contribution in [3.63, 3.8) is 0 Å². The van der Waals surface area contributed by atoms with Crippen LogP contribution in [0.25, 0.3) is 0 Å². The lowest BCUT2D eigenvalue weighted by molar-refractivity contribution is -0.192. The SMILES string of the molecule is CCC#CC[C@@H](C)[C@@H](C#C[C@@H]1[C@H]2CC(=O)C[C@H]2C[C@H]1OC1CCCCO1)OC1CCCCO1. The highest BCUT2D eigenvalue weighted by Crippen LogP contribution is 2.48. The third kappa shape index (κ3) is 6.83. The fourth-order valence-electron chi connectivity index (χ4n) is 5.65. The topological polar surface area (TPSA) is 54.0 Å². The Balaban J connectivity index is 1.49. The van der Waals surface area contributed by atoms with Gasteiger partial charge in [0.2, 0.25) is 0 Å². The Kier molecular flexibility index (Phi) is 9.27. The fourth-order valence-corrected chi connectivity index (χ4v) is 5.65. The molecule has 0 aromatic carbocycles. The van der Waals surface area contributed by atoms with E-state index in [9.17, 15) is 4.79 Å². The summed E-state index contributed by atoms with van der Waals surface area (Å²) in [5.74, 6) is 14.8. The van der Waals surface area contributed by atoms with E-state index in [-0.39, 0.29) is 36.6 Å². The molecule has 33 heavy (non-hydrogen) atoms. The van der Waals surface area contributed by atoms with Gasteiger partial charge in [0.25, 0.3) is 0 Å². The van der Waals surface area contributed by atoms with Crippen LogP contribution in [0.3, 0.4) is 0 Å². The molecule has 2 aliphatic carbocycles. The largest absolute Gasteiger partial charge is 0.353 e. The average Bonchev–Trinajstić information content (AvgIpc) is 3.33. The molecular weight excluding hydrogens is 416 g/mol. The zero-order valence-corrected chi connectivity index (χ0v) is 20.4. The van der Waals surface area contributed by atoms with Crippen LogP contribution in [0.15, 0.2) is 0 Å². The summed E-state index contributed by atoms with van der Waals surface area (Å²) in [7, 11) is 0. The number of carbonyl (C=O) groups excluding carboxylic acids is 1. The van der Waals surface area contributed by atoms with Gasteiger partial charge in [-0.2, -0.15) is 0 Å². The number of ether oxygens (including phenoxy) is 4. The van der Waals surface area contributed by atoms with E-state index in [0.717, 1.165) is 71.0 Å². The zero-order chi connectivity index (χ0) is 23.0. The van der Waals surface area contributed by atoms with E-state index >= 15 is 0 Å². The molecule has 182 valence electrons. The van der Waals surface area contributed by atoms with E-state index in [4.69, 9.17) is 18.9 Å². The van der Waals surface area contributed by atoms with Gasteiger partial charge in [0.15, 0.2) is 12.6 Å². The Bertz CT molecular complexity index is 759. The average molecular weight is 457 g/mol. The van der Waals surface area contributed by atoms with Gasteiger partial charge in [-0.1, -0.05) is 25.7 Å². The predicted molar refractivity (Wildman–Crippen MR) is 126 cm³/mol. The molecular formula is C28H40O5.